The first-order chi connectivity index (χ1) is 9.19. The van der Waals surface area contributed by atoms with Gasteiger partial charge in [0.15, 0.2) is 5.65 Å². The first kappa shape index (κ1) is 14.3. The zero-order valence-electron chi connectivity index (χ0n) is 11.9. The average molecular weight is 281 g/mol. The van der Waals surface area contributed by atoms with Crippen LogP contribution in [0.25, 0.3) is 11.2 Å². The molecule has 0 saturated carbocycles. The largest absolute Gasteiger partial charge is 0.310 e. The number of halogens is 1. The van der Waals surface area contributed by atoms with Gasteiger partial charge in [0.1, 0.15) is 11.3 Å². The summed E-state index contributed by atoms with van der Waals surface area (Å²) >= 11 is 6.00. The Morgan fingerprint density at radius 1 is 1.21 bits per heavy atom. The smallest absolute Gasteiger partial charge is 0.160 e. The third kappa shape index (κ3) is 3.07. The standard InChI is InChI=1S/C14H21ClN4/c1-4-18(5-2)8-9-19-13(10-15)17-12-7-6-11(3)16-14(12)19/h6-7H,4-5,8-10H2,1-3H3. The lowest BCUT2D eigenvalue weighted by Crippen LogP contribution is -2.27. The molecule has 2 heterocycles. The van der Waals surface area contributed by atoms with Crippen LogP contribution in [0.15, 0.2) is 12.1 Å². The second-order valence-corrected chi connectivity index (χ2v) is 4.90. The molecule has 2 rings (SSSR count). The molecule has 0 atom stereocenters. The Morgan fingerprint density at radius 3 is 2.58 bits per heavy atom. The molecular weight excluding hydrogens is 260 g/mol. The van der Waals surface area contributed by atoms with E-state index in [4.69, 9.17) is 11.6 Å². The number of hydrogen-bond acceptors (Lipinski definition) is 3. The van der Waals surface area contributed by atoms with Crippen molar-refractivity contribution in [3.05, 3.63) is 23.7 Å². The molecular formula is C14H21ClN4. The maximum absolute atomic E-state index is 6.00. The molecule has 0 spiro atoms. The SMILES string of the molecule is CCN(CC)CCn1c(CCl)nc2ccc(C)nc21. The molecule has 2 aromatic heterocycles. The number of fused-ring (bicyclic) bond motifs is 1. The van der Waals surface area contributed by atoms with Crippen molar-refractivity contribution in [2.24, 2.45) is 0 Å². The molecule has 104 valence electrons. The lowest BCUT2D eigenvalue weighted by molar-refractivity contribution is 0.290. The number of likely N-dealkylation sites (N-methyl/N-ethyl adjacent to an activating group) is 1. The van der Waals surface area contributed by atoms with E-state index >= 15 is 0 Å². The number of hydrogen-bond donors (Lipinski definition) is 0. The van der Waals surface area contributed by atoms with Crippen molar-refractivity contribution in [1.82, 2.24) is 19.4 Å². The Kier molecular flexibility index (Phi) is 4.77. The lowest BCUT2D eigenvalue weighted by atomic mass is 10.3. The fourth-order valence-electron chi connectivity index (χ4n) is 2.26. The highest BCUT2D eigenvalue weighted by atomic mass is 35.5. The van der Waals surface area contributed by atoms with Gasteiger partial charge >= 0.3 is 0 Å². The zero-order valence-corrected chi connectivity index (χ0v) is 12.6. The van der Waals surface area contributed by atoms with E-state index in [0.717, 1.165) is 48.9 Å². The molecule has 0 aliphatic heterocycles. The van der Waals surface area contributed by atoms with E-state index in [2.05, 4.69) is 33.3 Å². The first-order valence-corrected chi connectivity index (χ1v) is 7.34. The fraction of sp³-hybridized carbons (Fsp3) is 0.571. The van der Waals surface area contributed by atoms with Gasteiger partial charge in [0, 0.05) is 18.8 Å². The van der Waals surface area contributed by atoms with Crippen LogP contribution in [0.3, 0.4) is 0 Å². The van der Waals surface area contributed by atoms with Gasteiger partial charge in [0.2, 0.25) is 0 Å². The van der Waals surface area contributed by atoms with Crippen LogP contribution in [0, 0.1) is 6.92 Å². The van der Waals surface area contributed by atoms with E-state index < -0.39 is 0 Å². The van der Waals surface area contributed by atoms with Crippen molar-refractivity contribution in [2.75, 3.05) is 19.6 Å². The van der Waals surface area contributed by atoms with Crippen molar-refractivity contribution in [3.63, 3.8) is 0 Å². The summed E-state index contributed by atoms with van der Waals surface area (Å²) in [4.78, 5) is 11.5. The maximum Gasteiger partial charge on any atom is 0.160 e. The summed E-state index contributed by atoms with van der Waals surface area (Å²) in [6, 6.07) is 4.00. The number of pyridine rings is 1. The van der Waals surface area contributed by atoms with Gasteiger partial charge in [0.05, 0.1) is 5.88 Å². The monoisotopic (exact) mass is 280 g/mol. The summed E-state index contributed by atoms with van der Waals surface area (Å²) in [6.07, 6.45) is 0. The molecule has 0 aliphatic carbocycles. The van der Waals surface area contributed by atoms with Crippen LogP contribution in [0.1, 0.15) is 25.4 Å². The second kappa shape index (κ2) is 6.35. The van der Waals surface area contributed by atoms with Gasteiger partial charge in [-0.25, -0.2) is 9.97 Å². The van der Waals surface area contributed by atoms with E-state index in [0.29, 0.717) is 5.88 Å². The van der Waals surface area contributed by atoms with Crippen molar-refractivity contribution < 1.29 is 0 Å². The van der Waals surface area contributed by atoms with Crippen molar-refractivity contribution >= 4 is 22.8 Å². The molecule has 4 nitrogen and oxygen atoms in total. The third-order valence-corrected chi connectivity index (χ3v) is 3.70. The molecule has 0 aliphatic rings. The molecule has 0 unspecified atom stereocenters. The van der Waals surface area contributed by atoms with Crippen molar-refractivity contribution in [3.8, 4) is 0 Å². The topological polar surface area (TPSA) is 34.0 Å². The molecule has 0 radical (unpaired) electrons. The lowest BCUT2D eigenvalue weighted by Gasteiger charge is -2.18. The number of imidazole rings is 1. The quantitative estimate of drug-likeness (QED) is 0.763. The van der Waals surface area contributed by atoms with E-state index in [1.165, 1.54) is 0 Å². The Hall–Kier alpha value is -1.13. The van der Waals surface area contributed by atoms with Gasteiger partial charge in [-0.05, 0) is 32.1 Å². The van der Waals surface area contributed by atoms with Gasteiger partial charge in [0.25, 0.3) is 0 Å². The van der Waals surface area contributed by atoms with Crippen LogP contribution >= 0.6 is 11.6 Å². The van der Waals surface area contributed by atoms with Crippen molar-refractivity contribution in [1.29, 1.82) is 0 Å². The fourth-order valence-corrected chi connectivity index (χ4v) is 2.47. The molecule has 0 saturated heterocycles. The second-order valence-electron chi connectivity index (χ2n) is 4.64. The van der Waals surface area contributed by atoms with E-state index in [-0.39, 0.29) is 0 Å². The van der Waals surface area contributed by atoms with Crippen LogP contribution in [0.2, 0.25) is 0 Å². The van der Waals surface area contributed by atoms with Gasteiger partial charge in [-0.15, -0.1) is 11.6 Å². The number of aromatic nitrogens is 3. The molecule has 0 N–H and O–H groups in total. The summed E-state index contributed by atoms with van der Waals surface area (Å²) in [5, 5.41) is 0. The number of rotatable bonds is 6. The molecule has 19 heavy (non-hydrogen) atoms. The summed E-state index contributed by atoms with van der Waals surface area (Å²) in [6.45, 7) is 10.4. The highest BCUT2D eigenvalue weighted by molar-refractivity contribution is 6.16. The Morgan fingerprint density at radius 2 is 1.95 bits per heavy atom. The minimum Gasteiger partial charge on any atom is -0.310 e. The molecule has 0 aromatic carbocycles. The maximum atomic E-state index is 6.00. The van der Waals surface area contributed by atoms with Crippen LogP contribution in [0.5, 0.6) is 0 Å². The summed E-state index contributed by atoms with van der Waals surface area (Å²) in [7, 11) is 0. The van der Waals surface area contributed by atoms with Crippen LogP contribution in [-0.2, 0) is 12.4 Å². The number of alkyl halides is 1. The summed E-state index contributed by atoms with van der Waals surface area (Å²) < 4.78 is 2.15. The Bertz CT molecular complexity index is 546. The first-order valence-electron chi connectivity index (χ1n) is 6.80. The number of nitrogens with zero attached hydrogens (tertiary/aromatic N) is 4. The highest BCUT2D eigenvalue weighted by Crippen LogP contribution is 2.16. The third-order valence-electron chi connectivity index (χ3n) is 3.46. The van der Waals surface area contributed by atoms with Crippen LogP contribution < -0.4 is 0 Å². The number of aryl methyl sites for hydroxylation is 1. The summed E-state index contributed by atoms with van der Waals surface area (Å²) in [5.74, 6) is 1.33. The van der Waals surface area contributed by atoms with Crippen LogP contribution in [-0.4, -0.2) is 39.1 Å². The molecule has 0 fully saturated rings. The van der Waals surface area contributed by atoms with Gasteiger partial charge < -0.3 is 9.47 Å². The Balaban J connectivity index is 2.31. The molecule has 0 amide bonds. The minimum atomic E-state index is 0.424. The molecule has 5 heteroatoms. The van der Waals surface area contributed by atoms with Crippen molar-refractivity contribution in [2.45, 2.75) is 33.2 Å². The normalized spacial score (nSPS) is 11.6. The predicted octanol–water partition coefficient (Wildman–Crippen LogP) is 2.82. The molecule has 2 aromatic rings. The van der Waals surface area contributed by atoms with Gasteiger partial charge in [-0.3, -0.25) is 0 Å². The van der Waals surface area contributed by atoms with Gasteiger partial charge in [-0.1, -0.05) is 13.8 Å². The zero-order chi connectivity index (χ0) is 13.8. The summed E-state index contributed by atoms with van der Waals surface area (Å²) in [5.41, 5.74) is 2.89. The van der Waals surface area contributed by atoms with E-state index in [1.54, 1.807) is 0 Å². The highest BCUT2D eigenvalue weighted by Gasteiger charge is 2.12. The molecule has 0 bridgehead atoms. The Labute approximate surface area is 119 Å². The van der Waals surface area contributed by atoms with E-state index in [1.807, 2.05) is 19.1 Å². The van der Waals surface area contributed by atoms with E-state index in [9.17, 15) is 0 Å². The van der Waals surface area contributed by atoms with Crippen LogP contribution in [0.4, 0.5) is 0 Å². The minimum absolute atomic E-state index is 0.424. The average Bonchev–Trinajstić information content (AvgIpc) is 2.77. The predicted molar refractivity (Wildman–Crippen MR) is 79.6 cm³/mol. The van der Waals surface area contributed by atoms with Gasteiger partial charge in [-0.2, -0.15) is 0 Å².